The average Bonchev–Trinajstić information content (AvgIpc) is 2.03. The summed E-state index contributed by atoms with van der Waals surface area (Å²) >= 11 is 0. The van der Waals surface area contributed by atoms with E-state index >= 15 is 0 Å². The standard InChI is InChI=1S/C11H20N2/c1-7(2)11-6-10(9(4)12)5-8(3)13-11/h5-9,13H,12H2,1-4H3. The highest BCUT2D eigenvalue weighted by Crippen LogP contribution is 2.17. The fourth-order valence-electron chi connectivity index (χ4n) is 1.48. The number of allylic oxidation sites excluding steroid dienone is 1. The van der Waals surface area contributed by atoms with Gasteiger partial charge in [-0.1, -0.05) is 19.9 Å². The van der Waals surface area contributed by atoms with Gasteiger partial charge in [0.2, 0.25) is 0 Å². The first-order chi connectivity index (χ1) is 6.00. The third-order valence-electron chi connectivity index (χ3n) is 2.31. The molecule has 1 aliphatic rings. The maximum Gasteiger partial charge on any atom is 0.0419 e. The van der Waals surface area contributed by atoms with Gasteiger partial charge >= 0.3 is 0 Å². The lowest BCUT2D eigenvalue weighted by Gasteiger charge is -2.25. The maximum atomic E-state index is 5.85. The van der Waals surface area contributed by atoms with Crippen molar-refractivity contribution in [1.29, 1.82) is 0 Å². The lowest BCUT2D eigenvalue weighted by Crippen LogP contribution is -2.32. The van der Waals surface area contributed by atoms with Gasteiger partial charge in [0.25, 0.3) is 0 Å². The molecule has 0 bridgehead atoms. The van der Waals surface area contributed by atoms with Gasteiger partial charge in [-0.05, 0) is 31.4 Å². The first-order valence-electron chi connectivity index (χ1n) is 4.96. The van der Waals surface area contributed by atoms with E-state index in [4.69, 9.17) is 5.73 Å². The van der Waals surface area contributed by atoms with Gasteiger partial charge in [-0.15, -0.1) is 0 Å². The molecule has 2 atom stereocenters. The molecule has 2 nitrogen and oxygen atoms in total. The van der Waals surface area contributed by atoms with Crippen LogP contribution in [0.25, 0.3) is 0 Å². The van der Waals surface area contributed by atoms with Gasteiger partial charge in [-0.3, -0.25) is 0 Å². The van der Waals surface area contributed by atoms with Gasteiger partial charge in [-0.2, -0.15) is 0 Å². The smallest absolute Gasteiger partial charge is 0.0419 e. The highest BCUT2D eigenvalue weighted by molar-refractivity contribution is 5.33. The summed E-state index contributed by atoms with van der Waals surface area (Å²) in [6.07, 6.45) is 4.37. The molecule has 0 aromatic rings. The van der Waals surface area contributed by atoms with Crippen LogP contribution >= 0.6 is 0 Å². The zero-order valence-corrected chi connectivity index (χ0v) is 8.96. The summed E-state index contributed by atoms with van der Waals surface area (Å²) in [5, 5.41) is 3.43. The van der Waals surface area contributed by atoms with Crippen molar-refractivity contribution < 1.29 is 0 Å². The molecule has 3 N–H and O–H groups in total. The van der Waals surface area contributed by atoms with E-state index < -0.39 is 0 Å². The van der Waals surface area contributed by atoms with Crippen LogP contribution in [-0.4, -0.2) is 12.1 Å². The van der Waals surface area contributed by atoms with Gasteiger partial charge in [0.1, 0.15) is 0 Å². The zero-order valence-electron chi connectivity index (χ0n) is 8.96. The highest BCUT2D eigenvalue weighted by atomic mass is 14.9. The average molecular weight is 180 g/mol. The molecular formula is C11H20N2. The molecule has 0 amide bonds. The Kier molecular flexibility index (Phi) is 3.15. The fourth-order valence-corrected chi connectivity index (χ4v) is 1.48. The first-order valence-corrected chi connectivity index (χ1v) is 4.96. The molecule has 0 aromatic heterocycles. The Morgan fingerprint density at radius 3 is 2.46 bits per heavy atom. The lowest BCUT2D eigenvalue weighted by atomic mass is 9.97. The minimum absolute atomic E-state index is 0.137. The van der Waals surface area contributed by atoms with Crippen molar-refractivity contribution in [3.05, 3.63) is 23.4 Å². The summed E-state index contributed by atoms with van der Waals surface area (Å²) in [7, 11) is 0. The zero-order chi connectivity index (χ0) is 10.0. The van der Waals surface area contributed by atoms with Crippen LogP contribution in [0.5, 0.6) is 0 Å². The number of dihydropyridines is 1. The van der Waals surface area contributed by atoms with E-state index in [2.05, 4.69) is 38.2 Å². The molecule has 0 spiro atoms. The lowest BCUT2D eigenvalue weighted by molar-refractivity contribution is 0.601. The Bertz CT molecular complexity index is 236. The van der Waals surface area contributed by atoms with E-state index in [1.165, 1.54) is 11.3 Å². The van der Waals surface area contributed by atoms with E-state index in [0.717, 1.165) is 0 Å². The van der Waals surface area contributed by atoms with Crippen LogP contribution in [0.15, 0.2) is 23.4 Å². The topological polar surface area (TPSA) is 38.0 Å². The molecule has 0 saturated carbocycles. The molecule has 74 valence electrons. The van der Waals surface area contributed by atoms with Crippen LogP contribution in [0.3, 0.4) is 0 Å². The van der Waals surface area contributed by atoms with Crippen molar-refractivity contribution in [3.8, 4) is 0 Å². The number of nitrogens with two attached hydrogens (primary N) is 1. The van der Waals surface area contributed by atoms with Crippen molar-refractivity contribution in [2.24, 2.45) is 11.7 Å². The normalized spacial score (nSPS) is 24.9. The number of hydrogen-bond acceptors (Lipinski definition) is 2. The van der Waals surface area contributed by atoms with Crippen LogP contribution in [0.2, 0.25) is 0 Å². The van der Waals surface area contributed by atoms with Gasteiger partial charge in [0.05, 0.1) is 0 Å². The van der Waals surface area contributed by atoms with Crippen LogP contribution < -0.4 is 11.1 Å². The van der Waals surface area contributed by atoms with E-state index in [-0.39, 0.29) is 6.04 Å². The second-order valence-corrected chi connectivity index (χ2v) is 4.14. The number of nitrogens with one attached hydrogen (secondary N) is 1. The van der Waals surface area contributed by atoms with Crippen molar-refractivity contribution in [3.63, 3.8) is 0 Å². The molecule has 0 aliphatic carbocycles. The van der Waals surface area contributed by atoms with Crippen molar-refractivity contribution in [1.82, 2.24) is 5.32 Å². The van der Waals surface area contributed by atoms with Crippen molar-refractivity contribution in [2.75, 3.05) is 0 Å². The van der Waals surface area contributed by atoms with Crippen molar-refractivity contribution >= 4 is 0 Å². The molecule has 0 radical (unpaired) electrons. The van der Waals surface area contributed by atoms with Crippen LogP contribution in [-0.2, 0) is 0 Å². The minimum Gasteiger partial charge on any atom is -0.382 e. The SMILES string of the molecule is CC1C=C(C(C)N)C=C(C(C)C)N1. The molecule has 1 aliphatic heterocycles. The van der Waals surface area contributed by atoms with E-state index in [1.54, 1.807) is 0 Å². The molecule has 1 rings (SSSR count). The second-order valence-electron chi connectivity index (χ2n) is 4.14. The van der Waals surface area contributed by atoms with Crippen LogP contribution in [0.4, 0.5) is 0 Å². The summed E-state index contributed by atoms with van der Waals surface area (Å²) in [5.74, 6) is 0.546. The summed E-state index contributed by atoms with van der Waals surface area (Å²) in [6, 6.07) is 0.543. The quantitative estimate of drug-likeness (QED) is 0.680. The third-order valence-corrected chi connectivity index (χ3v) is 2.31. The third kappa shape index (κ3) is 2.59. The summed E-state index contributed by atoms with van der Waals surface area (Å²) in [6.45, 7) is 8.56. The van der Waals surface area contributed by atoms with Gasteiger partial charge < -0.3 is 11.1 Å². The first kappa shape index (κ1) is 10.3. The Morgan fingerprint density at radius 2 is 2.00 bits per heavy atom. The molecule has 0 fully saturated rings. The van der Waals surface area contributed by atoms with E-state index in [0.29, 0.717) is 12.0 Å². The van der Waals surface area contributed by atoms with Crippen LogP contribution in [0, 0.1) is 5.92 Å². The maximum absolute atomic E-state index is 5.85. The molecule has 13 heavy (non-hydrogen) atoms. The summed E-state index contributed by atoms with van der Waals surface area (Å²) in [4.78, 5) is 0. The largest absolute Gasteiger partial charge is 0.382 e. The van der Waals surface area contributed by atoms with Gasteiger partial charge in [-0.25, -0.2) is 0 Å². The Morgan fingerprint density at radius 1 is 1.38 bits per heavy atom. The Labute approximate surface area is 80.9 Å². The van der Waals surface area contributed by atoms with Crippen molar-refractivity contribution in [2.45, 2.75) is 39.8 Å². The predicted octanol–water partition coefficient (Wildman–Crippen LogP) is 1.79. The molecular weight excluding hydrogens is 160 g/mol. The fraction of sp³-hybridized carbons (Fsp3) is 0.636. The molecule has 0 aromatic carbocycles. The summed E-state index contributed by atoms with van der Waals surface area (Å²) in [5.41, 5.74) is 8.39. The highest BCUT2D eigenvalue weighted by Gasteiger charge is 2.14. The Balaban J connectivity index is 2.85. The van der Waals surface area contributed by atoms with Gasteiger partial charge in [0.15, 0.2) is 0 Å². The van der Waals surface area contributed by atoms with E-state index in [9.17, 15) is 0 Å². The molecule has 2 heteroatoms. The second kappa shape index (κ2) is 3.97. The molecule has 2 unspecified atom stereocenters. The van der Waals surface area contributed by atoms with Gasteiger partial charge in [0, 0.05) is 17.8 Å². The monoisotopic (exact) mass is 180 g/mol. The number of hydrogen-bond donors (Lipinski definition) is 2. The summed E-state index contributed by atoms with van der Waals surface area (Å²) < 4.78 is 0. The minimum atomic E-state index is 0.137. The molecule has 0 saturated heterocycles. The predicted molar refractivity (Wildman–Crippen MR) is 57.3 cm³/mol. The number of rotatable bonds is 2. The Hall–Kier alpha value is -0.760. The van der Waals surface area contributed by atoms with Crippen LogP contribution in [0.1, 0.15) is 27.7 Å². The molecule has 1 heterocycles. The van der Waals surface area contributed by atoms with E-state index in [1.807, 2.05) is 6.92 Å².